The van der Waals surface area contributed by atoms with E-state index in [-0.39, 0.29) is 0 Å². The Bertz CT molecular complexity index is 374. The minimum atomic E-state index is 0.767. The van der Waals surface area contributed by atoms with Crippen LogP contribution in [0.2, 0.25) is 0 Å². The average molecular weight is 275 g/mol. The second-order valence-corrected chi connectivity index (χ2v) is 7.38. The van der Waals surface area contributed by atoms with Gasteiger partial charge in [-0.05, 0) is 56.3 Å². The van der Waals surface area contributed by atoms with Crippen molar-refractivity contribution in [2.24, 2.45) is 5.41 Å². The summed E-state index contributed by atoms with van der Waals surface area (Å²) in [5.41, 5.74) is 0.767. The van der Waals surface area contributed by atoms with E-state index < -0.39 is 0 Å². The van der Waals surface area contributed by atoms with Crippen molar-refractivity contribution in [2.45, 2.75) is 43.4 Å². The molecule has 2 fully saturated rings. The van der Waals surface area contributed by atoms with Crippen molar-refractivity contribution in [3.63, 3.8) is 0 Å². The molecule has 104 valence electrons. The molecule has 0 atom stereocenters. The lowest BCUT2D eigenvalue weighted by molar-refractivity contribution is 0.114. The van der Waals surface area contributed by atoms with Crippen LogP contribution >= 0.6 is 11.8 Å². The molecule has 2 heteroatoms. The van der Waals surface area contributed by atoms with Crippen molar-refractivity contribution < 1.29 is 0 Å². The van der Waals surface area contributed by atoms with Crippen LogP contribution in [0.5, 0.6) is 0 Å². The maximum Gasteiger partial charge on any atom is 0.0108 e. The Morgan fingerprint density at radius 3 is 2.32 bits per heavy atom. The summed E-state index contributed by atoms with van der Waals surface area (Å²) in [7, 11) is 0. The average Bonchev–Trinajstić information content (AvgIpc) is 2.91. The molecular weight excluding hydrogens is 250 g/mol. The lowest BCUT2D eigenvalue weighted by atomic mass is 9.77. The molecule has 0 bridgehead atoms. The summed E-state index contributed by atoms with van der Waals surface area (Å²) < 4.78 is 0. The molecule has 1 aliphatic heterocycles. The Hall–Kier alpha value is -0.470. The van der Waals surface area contributed by atoms with Crippen LogP contribution in [0.4, 0.5) is 0 Å². The van der Waals surface area contributed by atoms with Gasteiger partial charge in [0.2, 0.25) is 0 Å². The molecule has 1 aliphatic carbocycles. The van der Waals surface area contributed by atoms with Crippen LogP contribution in [0.25, 0.3) is 0 Å². The van der Waals surface area contributed by atoms with Crippen LogP contribution in [-0.2, 0) is 0 Å². The maximum absolute atomic E-state index is 2.68. The Morgan fingerprint density at radius 1 is 0.947 bits per heavy atom. The van der Waals surface area contributed by atoms with Crippen molar-refractivity contribution in [1.29, 1.82) is 0 Å². The van der Waals surface area contributed by atoms with E-state index in [9.17, 15) is 0 Å². The van der Waals surface area contributed by atoms with Gasteiger partial charge in [-0.25, -0.2) is 0 Å². The first kappa shape index (κ1) is 13.5. The van der Waals surface area contributed by atoms with Gasteiger partial charge in [0.05, 0.1) is 0 Å². The molecule has 1 spiro atoms. The number of hydrogen-bond acceptors (Lipinski definition) is 2. The zero-order chi connectivity index (χ0) is 13.0. The van der Waals surface area contributed by atoms with E-state index in [4.69, 9.17) is 0 Å². The van der Waals surface area contributed by atoms with E-state index in [2.05, 4.69) is 35.2 Å². The van der Waals surface area contributed by atoms with Crippen molar-refractivity contribution in [2.75, 3.05) is 25.4 Å². The number of benzene rings is 1. The molecule has 3 rings (SSSR count). The van der Waals surface area contributed by atoms with Gasteiger partial charge in [0.25, 0.3) is 0 Å². The van der Waals surface area contributed by atoms with Crippen molar-refractivity contribution >= 4 is 11.8 Å². The van der Waals surface area contributed by atoms with Crippen molar-refractivity contribution in [3.8, 4) is 0 Å². The van der Waals surface area contributed by atoms with E-state index in [1.54, 1.807) is 0 Å². The summed E-state index contributed by atoms with van der Waals surface area (Å²) in [6.07, 6.45) is 8.93. The highest BCUT2D eigenvalue weighted by molar-refractivity contribution is 7.99. The SMILES string of the molecule is c1ccc(SCCN2CCC3(CCCC3)CC2)cc1. The molecule has 0 aromatic heterocycles. The number of thioether (sulfide) groups is 1. The zero-order valence-corrected chi connectivity index (χ0v) is 12.6. The first-order chi connectivity index (χ1) is 9.36. The lowest BCUT2D eigenvalue weighted by Gasteiger charge is -2.39. The summed E-state index contributed by atoms with van der Waals surface area (Å²) in [6.45, 7) is 3.94. The Balaban J connectivity index is 1.38. The summed E-state index contributed by atoms with van der Waals surface area (Å²) in [5.74, 6) is 1.23. The number of likely N-dealkylation sites (tertiary alicyclic amines) is 1. The van der Waals surface area contributed by atoms with Crippen LogP contribution in [0.1, 0.15) is 38.5 Å². The van der Waals surface area contributed by atoms with Crippen LogP contribution in [-0.4, -0.2) is 30.3 Å². The second kappa shape index (κ2) is 6.32. The molecule has 19 heavy (non-hydrogen) atoms. The maximum atomic E-state index is 2.68. The molecule has 0 unspecified atom stereocenters. The predicted octanol–water partition coefficient (Wildman–Crippen LogP) is 4.43. The normalized spacial score (nSPS) is 22.9. The van der Waals surface area contributed by atoms with Gasteiger partial charge in [0, 0.05) is 17.2 Å². The Labute approximate surface area is 121 Å². The zero-order valence-electron chi connectivity index (χ0n) is 11.8. The van der Waals surface area contributed by atoms with Crippen LogP contribution in [0, 0.1) is 5.41 Å². The molecule has 0 amide bonds. The van der Waals surface area contributed by atoms with Crippen molar-refractivity contribution in [3.05, 3.63) is 30.3 Å². The first-order valence-electron chi connectivity index (χ1n) is 7.77. The largest absolute Gasteiger partial charge is 0.302 e. The summed E-state index contributed by atoms with van der Waals surface area (Å²) in [6, 6.07) is 10.8. The molecule has 1 aromatic rings. The van der Waals surface area contributed by atoms with Crippen molar-refractivity contribution in [1.82, 2.24) is 4.90 Å². The van der Waals surface area contributed by atoms with Crippen LogP contribution in [0.15, 0.2) is 35.2 Å². The lowest BCUT2D eigenvalue weighted by Crippen LogP contribution is -2.39. The molecule has 1 saturated heterocycles. The van der Waals surface area contributed by atoms with Gasteiger partial charge in [-0.2, -0.15) is 0 Å². The highest BCUT2D eigenvalue weighted by Gasteiger charge is 2.36. The van der Waals surface area contributed by atoms with E-state index in [0.29, 0.717) is 0 Å². The van der Waals surface area contributed by atoms with E-state index in [1.165, 1.54) is 68.8 Å². The molecule has 1 aromatic carbocycles. The van der Waals surface area contributed by atoms with Gasteiger partial charge in [0.1, 0.15) is 0 Å². The topological polar surface area (TPSA) is 3.24 Å². The molecular formula is C17H25NS. The number of rotatable bonds is 4. The fourth-order valence-corrected chi connectivity index (χ4v) is 4.62. The van der Waals surface area contributed by atoms with Gasteiger partial charge in [0.15, 0.2) is 0 Å². The van der Waals surface area contributed by atoms with E-state index in [1.807, 2.05) is 11.8 Å². The number of piperidine rings is 1. The monoisotopic (exact) mass is 275 g/mol. The molecule has 0 radical (unpaired) electrons. The van der Waals surface area contributed by atoms with Crippen LogP contribution in [0.3, 0.4) is 0 Å². The third-order valence-corrected chi connectivity index (χ3v) is 5.99. The molecule has 1 nitrogen and oxygen atoms in total. The third kappa shape index (κ3) is 3.55. The minimum Gasteiger partial charge on any atom is -0.302 e. The minimum absolute atomic E-state index is 0.767. The number of nitrogens with zero attached hydrogens (tertiary/aromatic N) is 1. The summed E-state index contributed by atoms with van der Waals surface area (Å²) >= 11 is 2.00. The fourth-order valence-electron chi connectivity index (χ4n) is 3.69. The molecule has 1 saturated carbocycles. The molecule has 1 heterocycles. The van der Waals surface area contributed by atoms with Gasteiger partial charge < -0.3 is 4.90 Å². The predicted molar refractivity (Wildman–Crippen MR) is 83.7 cm³/mol. The van der Waals surface area contributed by atoms with Gasteiger partial charge in [-0.15, -0.1) is 11.8 Å². The standard InChI is InChI=1S/C17H25NS/c1-2-6-16(7-3-1)19-15-14-18-12-10-17(11-13-18)8-4-5-9-17/h1-3,6-7H,4-5,8-15H2. The summed E-state index contributed by atoms with van der Waals surface area (Å²) in [5, 5.41) is 0. The van der Waals surface area contributed by atoms with Gasteiger partial charge in [-0.3, -0.25) is 0 Å². The molecule has 0 N–H and O–H groups in total. The third-order valence-electron chi connectivity index (χ3n) is 5.00. The Morgan fingerprint density at radius 2 is 1.63 bits per heavy atom. The number of hydrogen-bond donors (Lipinski definition) is 0. The van der Waals surface area contributed by atoms with Gasteiger partial charge >= 0.3 is 0 Å². The van der Waals surface area contributed by atoms with E-state index in [0.717, 1.165) is 5.41 Å². The second-order valence-electron chi connectivity index (χ2n) is 6.21. The highest BCUT2D eigenvalue weighted by Crippen LogP contribution is 2.46. The highest BCUT2D eigenvalue weighted by atomic mass is 32.2. The summed E-state index contributed by atoms with van der Waals surface area (Å²) in [4.78, 5) is 4.09. The molecule has 2 aliphatic rings. The van der Waals surface area contributed by atoms with Gasteiger partial charge in [-0.1, -0.05) is 31.0 Å². The van der Waals surface area contributed by atoms with Crippen LogP contribution < -0.4 is 0 Å². The first-order valence-corrected chi connectivity index (χ1v) is 8.75. The quantitative estimate of drug-likeness (QED) is 0.748. The van der Waals surface area contributed by atoms with E-state index >= 15 is 0 Å². The smallest absolute Gasteiger partial charge is 0.0108 e. The Kier molecular flexibility index (Phi) is 4.49. The fraction of sp³-hybridized carbons (Fsp3) is 0.647.